The molecule has 0 fully saturated rings. The third kappa shape index (κ3) is 5.27. The van der Waals surface area contributed by atoms with Crippen LogP contribution in [0.25, 0.3) is 0 Å². The fourth-order valence-electron chi connectivity index (χ4n) is 3.17. The summed E-state index contributed by atoms with van der Waals surface area (Å²) < 4.78 is 19.4. The van der Waals surface area contributed by atoms with Gasteiger partial charge in [-0.2, -0.15) is 5.10 Å². The Morgan fingerprint density at radius 3 is 2.74 bits per heavy atom. The van der Waals surface area contributed by atoms with E-state index < -0.39 is 0 Å². The van der Waals surface area contributed by atoms with Crippen LogP contribution >= 0.6 is 23.4 Å². The van der Waals surface area contributed by atoms with E-state index in [4.69, 9.17) is 16.3 Å². The number of ether oxygens (including phenoxy) is 1. The molecule has 31 heavy (non-hydrogen) atoms. The molecular weight excluding hydrogens is 435 g/mol. The molecule has 0 radical (unpaired) electrons. The van der Waals surface area contributed by atoms with Gasteiger partial charge in [-0.25, -0.2) is 9.82 Å². The van der Waals surface area contributed by atoms with Crippen LogP contribution in [0.2, 0.25) is 5.02 Å². The van der Waals surface area contributed by atoms with Gasteiger partial charge in [0.05, 0.1) is 5.71 Å². The zero-order valence-electron chi connectivity index (χ0n) is 16.8. The molecule has 158 valence electrons. The first kappa shape index (κ1) is 21.4. The van der Waals surface area contributed by atoms with Crippen molar-refractivity contribution in [3.05, 3.63) is 93.8 Å². The molecule has 7 heteroatoms. The van der Waals surface area contributed by atoms with E-state index in [1.807, 2.05) is 31.2 Å². The molecule has 4 rings (SSSR count). The van der Waals surface area contributed by atoms with Crippen molar-refractivity contribution in [3.8, 4) is 5.75 Å². The molecule has 1 aliphatic rings. The predicted molar refractivity (Wildman–Crippen MR) is 123 cm³/mol. The number of carbonyl (C=O) groups excluding carboxylic acids is 1. The standard InChI is InChI=1S/C24H20ClFN2O2S/c1-15-12-19(7-8-21(15)25)30-14-16-2-4-17(5-3-16)24(29)28-27-22-10-11-31-23-9-6-18(26)13-20(22)23/h2-9,12-13H,10-11,14H2,1H3,(H,28,29). The van der Waals surface area contributed by atoms with Crippen molar-refractivity contribution >= 4 is 35.0 Å². The number of thioether (sulfide) groups is 1. The molecule has 0 bridgehead atoms. The number of hydrazone groups is 1. The minimum absolute atomic E-state index is 0.313. The number of fused-ring (bicyclic) bond motifs is 1. The van der Waals surface area contributed by atoms with Crippen LogP contribution in [-0.2, 0) is 6.61 Å². The Hall–Kier alpha value is -2.83. The number of amides is 1. The summed E-state index contributed by atoms with van der Waals surface area (Å²) in [5.41, 5.74) is 6.39. The van der Waals surface area contributed by atoms with E-state index >= 15 is 0 Å². The molecule has 1 heterocycles. The van der Waals surface area contributed by atoms with Crippen molar-refractivity contribution in [3.63, 3.8) is 0 Å². The molecule has 0 atom stereocenters. The Morgan fingerprint density at radius 2 is 1.97 bits per heavy atom. The van der Waals surface area contributed by atoms with E-state index in [0.29, 0.717) is 29.3 Å². The Morgan fingerprint density at radius 1 is 1.16 bits per heavy atom. The van der Waals surface area contributed by atoms with Gasteiger partial charge in [-0.1, -0.05) is 23.7 Å². The van der Waals surface area contributed by atoms with Crippen LogP contribution in [0.4, 0.5) is 4.39 Å². The van der Waals surface area contributed by atoms with Crippen molar-refractivity contribution < 1.29 is 13.9 Å². The van der Waals surface area contributed by atoms with E-state index in [1.54, 1.807) is 36.0 Å². The lowest BCUT2D eigenvalue weighted by Gasteiger charge is -2.17. The van der Waals surface area contributed by atoms with Crippen LogP contribution in [0.3, 0.4) is 0 Å². The van der Waals surface area contributed by atoms with Crippen molar-refractivity contribution in [1.82, 2.24) is 5.43 Å². The number of benzene rings is 3. The quantitative estimate of drug-likeness (QED) is 0.481. The normalized spacial score (nSPS) is 14.2. The average Bonchev–Trinajstić information content (AvgIpc) is 2.78. The summed E-state index contributed by atoms with van der Waals surface area (Å²) in [6, 6.07) is 17.3. The third-order valence-electron chi connectivity index (χ3n) is 4.89. The Labute approximate surface area is 189 Å². The molecule has 0 saturated heterocycles. The number of aryl methyl sites for hydroxylation is 1. The van der Waals surface area contributed by atoms with Crippen molar-refractivity contribution in [2.75, 3.05) is 5.75 Å². The fraction of sp³-hybridized carbons (Fsp3) is 0.167. The third-order valence-corrected chi connectivity index (χ3v) is 6.39. The van der Waals surface area contributed by atoms with Crippen LogP contribution in [0.15, 0.2) is 70.7 Å². The van der Waals surface area contributed by atoms with Gasteiger partial charge in [-0.3, -0.25) is 4.79 Å². The van der Waals surface area contributed by atoms with E-state index in [1.165, 1.54) is 12.1 Å². The first-order chi connectivity index (χ1) is 15.0. The number of hydrogen-bond acceptors (Lipinski definition) is 4. The van der Waals surface area contributed by atoms with Crippen molar-refractivity contribution in [1.29, 1.82) is 0 Å². The largest absolute Gasteiger partial charge is 0.489 e. The zero-order chi connectivity index (χ0) is 21.8. The molecule has 0 spiro atoms. The molecule has 0 unspecified atom stereocenters. The molecular formula is C24H20ClFN2O2S. The topological polar surface area (TPSA) is 50.7 Å². The van der Waals surface area contributed by atoms with E-state index in [9.17, 15) is 9.18 Å². The summed E-state index contributed by atoms with van der Waals surface area (Å²) >= 11 is 7.69. The smallest absolute Gasteiger partial charge is 0.271 e. The minimum atomic E-state index is -0.315. The van der Waals surface area contributed by atoms with E-state index in [2.05, 4.69) is 10.5 Å². The summed E-state index contributed by atoms with van der Waals surface area (Å²) in [5, 5.41) is 4.96. The molecule has 1 amide bonds. The van der Waals surface area contributed by atoms with Crippen LogP contribution in [-0.4, -0.2) is 17.4 Å². The van der Waals surface area contributed by atoms with Gasteiger partial charge in [0.15, 0.2) is 0 Å². The van der Waals surface area contributed by atoms with Crippen LogP contribution in [0.5, 0.6) is 5.75 Å². The summed E-state index contributed by atoms with van der Waals surface area (Å²) in [7, 11) is 0. The van der Waals surface area contributed by atoms with Crippen LogP contribution < -0.4 is 10.2 Å². The van der Waals surface area contributed by atoms with Crippen molar-refractivity contribution in [2.24, 2.45) is 5.10 Å². The van der Waals surface area contributed by atoms with Gasteiger partial charge >= 0.3 is 0 Å². The maximum atomic E-state index is 13.6. The Balaban J connectivity index is 1.38. The highest BCUT2D eigenvalue weighted by molar-refractivity contribution is 7.99. The first-order valence-electron chi connectivity index (χ1n) is 9.77. The highest BCUT2D eigenvalue weighted by atomic mass is 35.5. The lowest BCUT2D eigenvalue weighted by atomic mass is 10.1. The summed E-state index contributed by atoms with van der Waals surface area (Å²) in [6.45, 7) is 2.30. The molecule has 0 aromatic heterocycles. The van der Waals surface area contributed by atoms with Gasteiger partial charge < -0.3 is 4.74 Å². The van der Waals surface area contributed by atoms with Gasteiger partial charge in [0.1, 0.15) is 18.2 Å². The highest BCUT2D eigenvalue weighted by Crippen LogP contribution is 2.30. The number of hydrogen-bond donors (Lipinski definition) is 1. The molecule has 3 aromatic carbocycles. The Kier molecular flexibility index (Phi) is 6.59. The van der Waals surface area contributed by atoms with Gasteiger partial charge in [0, 0.05) is 33.2 Å². The maximum absolute atomic E-state index is 13.6. The molecule has 0 saturated carbocycles. The van der Waals surface area contributed by atoms with Gasteiger partial charge in [0.25, 0.3) is 5.91 Å². The predicted octanol–water partition coefficient (Wildman–Crippen LogP) is 6.00. The van der Waals surface area contributed by atoms with Crippen molar-refractivity contribution in [2.45, 2.75) is 24.8 Å². The highest BCUT2D eigenvalue weighted by Gasteiger charge is 2.17. The number of nitrogens with one attached hydrogen (secondary N) is 1. The van der Waals surface area contributed by atoms with Gasteiger partial charge in [-0.05, 0) is 66.6 Å². The average molecular weight is 455 g/mol. The molecule has 3 aromatic rings. The number of carbonyl (C=O) groups is 1. The van der Waals surface area contributed by atoms with Gasteiger partial charge in [-0.15, -0.1) is 11.8 Å². The number of rotatable bonds is 5. The van der Waals surface area contributed by atoms with Crippen LogP contribution in [0.1, 0.15) is 33.5 Å². The lowest BCUT2D eigenvalue weighted by molar-refractivity contribution is 0.0954. The minimum Gasteiger partial charge on any atom is -0.489 e. The summed E-state index contributed by atoms with van der Waals surface area (Å²) in [5.74, 6) is 0.952. The van der Waals surface area contributed by atoms with Gasteiger partial charge in [0.2, 0.25) is 0 Å². The first-order valence-corrected chi connectivity index (χ1v) is 11.1. The zero-order valence-corrected chi connectivity index (χ0v) is 18.4. The second kappa shape index (κ2) is 9.54. The fourth-order valence-corrected chi connectivity index (χ4v) is 4.30. The number of halogens is 2. The molecule has 0 aliphatic carbocycles. The molecule has 1 N–H and O–H groups in total. The molecule has 1 aliphatic heterocycles. The maximum Gasteiger partial charge on any atom is 0.271 e. The summed E-state index contributed by atoms with van der Waals surface area (Å²) in [6.07, 6.45) is 0.669. The second-order valence-corrected chi connectivity index (χ2v) is 8.68. The van der Waals surface area contributed by atoms with Crippen LogP contribution in [0, 0.1) is 12.7 Å². The second-order valence-electron chi connectivity index (χ2n) is 7.13. The monoisotopic (exact) mass is 454 g/mol. The SMILES string of the molecule is Cc1cc(OCc2ccc(C(=O)NN=C3CCSc4ccc(F)cc43)cc2)ccc1Cl. The molecule has 4 nitrogen and oxygen atoms in total. The lowest BCUT2D eigenvalue weighted by Crippen LogP contribution is -2.21. The Bertz CT molecular complexity index is 1150. The number of nitrogens with zero attached hydrogens (tertiary/aromatic N) is 1. The van der Waals surface area contributed by atoms with E-state index in [-0.39, 0.29) is 11.7 Å². The van der Waals surface area contributed by atoms with E-state index in [0.717, 1.165) is 33.1 Å². The summed E-state index contributed by atoms with van der Waals surface area (Å²) in [4.78, 5) is 13.5.